The lowest BCUT2D eigenvalue weighted by Gasteiger charge is -2.46. The van der Waals surface area contributed by atoms with Crippen LogP contribution in [-0.2, 0) is 87.5 Å². The number of rotatable bonds is 14. The van der Waals surface area contributed by atoms with E-state index < -0.39 is 241 Å². The van der Waals surface area contributed by atoms with Crippen LogP contribution in [0.15, 0.2) is 48.6 Å². The molecule has 2 aromatic carbocycles. The molecule has 2 saturated carbocycles. The summed E-state index contributed by atoms with van der Waals surface area (Å²) in [6.07, 6.45) is -13.2. The Bertz CT molecular complexity index is 3660. The van der Waals surface area contributed by atoms with Gasteiger partial charge in [-0.25, -0.2) is 17.6 Å². The van der Waals surface area contributed by atoms with Crippen LogP contribution in [0.4, 0.5) is 43.9 Å². The largest absolute Gasteiger partial charge is 0.422 e. The molecule has 0 unspecified atom stereocenters. The van der Waals surface area contributed by atoms with Crippen LogP contribution in [0.25, 0.3) is 0 Å². The maximum absolute atomic E-state index is 15.5. The Morgan fingerprint density at radius 2 is 1.29 bits per heavy atom. The topological polar surface area (TPSA) is 279 Å². The van der Waals surface area contributed by atoms with Crippen molar-refractivity contribution >= 4 is 70.9 Å². The lowest BCUT2D eigenvalue weighted by molar-refractivity contribution is -0.158. The predicted octanol–water partition coefficient (Wildman–Crippen LogP) is 5.74. The van der Waals surface area contributed by atoms with Crippen molar-refractivity contribution in [3.05, 3.63) is 82.4 Å². The summed E-state index contributed by atoms with van der Waals surface area (Å²) in [6, 6.07) is -8.52. The first-order valence-corrected chi connectivity index (χ1v) is 36.6. The van der Waals surface area contributed by atoms with Gasteiger partial charge in [-0.3, -0.25) is 57.5 Å². The van der Waals surface area contributed by atoms with Crippen LogP contribution in [0, 0.1) is 23.5 Å². The maximum Gasteiger partial charge on any atom is 0.422 e. The number of hydrogen-bond acceptors (Lipinski definition) is 13. The highest BCUT2D eigenvalue weighted by molar-refractivity contribution is 6.01. The van der Waals surface area contributed by atoms with Gasteiger partial charge >= 0.3 is 12.4 Å². The number of nitrogens with one attached hydrogen (secondary N) is 3. The van der Waals surface area contributed by atoms with Crippen molar-refractivity contribution in [2.24, 2.45) is 11.8 Å². The lowest BCUT2D eigenvalue weighted by Crippen LogP contribution is -2.68. The smallest absolute Gasteiger partial charge is 0.377 e. The van der Waals surface area contributed by atoms with Crippen LogP contribution < -0.4 is 16.0 Å². The fraction of sp³-hybridized carbons (Fsp3) is 0.649. The van der Waals surface area contributed by atoms with Gasteiger partial charge in [0, 0.05) is 95.3 Å². The number of fused-ring (bicyclic) bond motifs is 3. The van der Waals surface area contributed by atoms with Gasteiger partial charge in [0.05, 0.1) is 31.2 Å². The highest BCUT2D eigenvalue weighted by atomic mass is 19.4. The van der Waals surface area contributed by atoms with Crippen molar-refractivity contribution < 1.29 is 106 Å². The summed E-state index contributed by atoms with van der Waals surface area (Å²) < 4.78 is 148. The third-order valence-corrected chi connectivity index (χ3v) is 21.7. The van der Waals surface area contributed by atoms with E-state index >= 15 is 37.5 Å². The molecule has 3 N–H and O–H groups in total. The van der Waals surface area contributed by atoms with Gasteiger partial charge in [0.25, 0.3) is 0 Å². The van der Waals surface area contributed by atoms with E-state index in [0.29, 0.717) is 44.2 Å². The lowest BCUT2D eigenvalue weighted by atomic mass is 9.74. The molecule has 0 radical (unpaired) electrons. The van der Waals surface area contributed by atoms with Gasteiger partial charge in [-0.15, -0.1) is 0 Å². The summed E-state index contributed by atoms with van der Waals surface area (Å²) in [5.41, 5.74) is -5.40. The van der Waals surface area contributed by atoms with Crippen LogP contribution in [-0.4, -0.2) is 271 Å². The van der Waals surface area contributed by atoms with Gasteiger partial charge < -0.3 is 64.8 Å². The van der Waals surface area contributed by atoms with Crippen molar-refractivity contribution in [1.82, 2.24) is 60.0 Å². The molecule has 35 heteroatoms. The van der Waals surface area contributed by atoms with E-state index in [2.05, 4.69) is 16.0 Å². The Morgan fingerprint density at radius 1 is 0.670 bits per heavy atom. The van der Waals surface area contributed by atoms with Crippen molar-refractivity contribution in [2.45, 2.75) is 209 Å². The minimum atomic E-state index is -5.48. The number of carbonyl (C=O) groups excluding carboxylic acids is 12. The number of aryl methyl sites for hydroxylation is 1. The molecular formula is C74H100F10N12O13. The zero-order valence-electron chi connectivity index (χ0n) is 63.2. The first-order valence-electron chi connectivity index (χ1n) is 36.6. The standard InChI is InChI=1S/C74H100F10N12O13/c1-12-42(3)61-69(106)90(7)41-59(99)92(9)52-22-15-14-18-33-95(68(52)105)55(36-43-23-26-46(27-24-43)73(79,80)81)67(104)89(6)40-57(97)85-50(28-25-44-34-48(75)60(49(76)35-44)74(82,83)84)65(102)96-39-47(109-13-2)37-53(96)64(101)87-72(31-19-32-72)71(108)94(11)62(45-20-16-17-21-45)70(107)93(10)54(66(103)88(4)5)38-58(98)91(8)51(63(100)86-61)29-30-56(77)78/h14-15,23-24,26-27,34-35,42,45,47,50-56,61-62H,12-13,16-22,25,28-33,36-41H2,1-11H3,(H,85,97)(H,86,100)(H,87,101)/b15-14-/t42-,47+,50-,51-,52-,53-,54-,55-,61-,62-/m0/s1. The molecule has 2 bridgehead atoms. The zero-order valence-corrected chi connectivity index (χ0v) is 63.2. The quantitative estimate of drug-likeness (QED) is 0.151. The second-order valence-electron chi connectivity index (χ2n) is 29.4. The Kier molecular flexibility index (Phi) is 29.8. The molecule has 604 valence electrons. The third kappa shape index (κ3) is 21.2. The number of alkyl halides is 8. The Morgan fingerprint density at radius 3 is 1.85 bits per heavy atom. The van der Waals surface area contributed by atoms with E-state index in [4.69, 9.17) is 4.74 Å². The fourth-order valence-corrected chi connectivity index (χ4v) is 14.9. The number of benzene rings is 2. The van der Waals surface area contributed by atoms with E-state index in [-0.39, 0.29) is 63.8 Å². The minimum absolute atomic E-state index is 0.0125. The Labute approximate surface area is 627 Å². The third-order valence-electron chi connectivity index (χ3n) is 21.7. The SMILES string of the molecule is CCO[C@@H]1C[C@H]2C(=O)NC3(CCC3)C(=O)N(C)[C@@H](C3CCCC3)C(=O)N(C)[C@H](C(=O)N(C)C)CC(=O)N(C)[C@@H](CCC(F)F)C(=O)N[C@@H]([C@@H](C)CC)C(=O)N(C)CC(=O)N(C)[C@H]3C/C=C\CCN(C3=O)[C@@H](Cc3ccc(C(F)(F)F)cc3)C(=O)N(C)CC(=O)N[C@@H](CCc3cc(F)c(C(F)(F)F)c(F)c3)C(=O)N2C1. The average Bonchev–Trinajstić information content (AvgIpc) is 1.73. The monoisotopic (exact) mass is 1550 g/mol. The van der Waals surface area contributed by atoms with Crippen molar-refractivity contribution in [3.63, 3.8) is 0 Å². The molecule has 4 fully saturated rings. The molecule has 25 nitrogen and oxygen atoms in total. The van der Waals surface area contributed by atoms with Crippen LogP contribution in [0.1, 0.15) is 139 Å². The van der Waals surface area contributed by atoms with Crippen molar-refractivity contribution in [3.8, 4) is 0 Å². The summed E-state index contributed by atoms with van der Waals surface area (Å²) >= 11 is 0. The van der Waals surface area contributed by atoms with Crippen LogP contribution in [0.2, 0.25) is 0 Å². The second-order valence-corrected chi connectivity index (χ2v) is 29.4. The number of carbonyl (C=O) groups is 12. The molecular weight excluding hydrogens is 1450 g/mol. The summed E-state index contributed by atoms with van der Waals surface area (Å²) in [5, 5.41) is 7.97. The predicted molar refractivity (Wildman–Crippen MR) is 374 cm³/mol. The normalized spacial score (nSPS) is 26.0. The van der Waals surface area contributed by atoms with E-state index in [9.17, 15) is 63.9 Å². The van der Waals surface area contributed by atoms with Crippen molar-refractivity contribution in [2.75, 3.05) is 89.2 Å². The number of ether oxygens (including phenoxy) is 1. The van der Waals surface area contributed by atoms with Crippen LogP contribution in [0.5, 0.6) is 0 Å². The van der Waals surface area contributed by atoms with Crippen LogP contribution >= 0.6 is 0 Å². The molecule has 2 aromatic rings. The van der Waals surface area contributed by atoms with Crippen LogP contribution in [0.3, 0.4) is 0 Å². The highest BCUT2D eigenvalue weighted by Crippen LogP contribution is 2.40. The molecule has 109 heavy (non-hydrogen) atoms. The maximum atomic E-state index is 15.5. The Balaban J connectivity index is 1.35. The zero-order chi connectivity index (χ0) is 81.1. The van der Waals surface area contributed by atoms with Gasteiger partial charge in [0.1, 0.15) is 71.1 Å². The second kappa shape index (κ2) is 37.2. The summed E-state index contributed by atoms with van der Waals surface area (Å²) in [5.74, 6) is -16.6. The molecule has 0 aromatic heterocycles. The Hall–Kier alpha value is -8.92. The van der Waals surface area contributed by atoms with E-state index in [1.165, 1.54) is 42.3 Å². The van der Waals surface area contributed by atoms with Crippen molar-refractivity contribution in [1.29, 1.82) is 0 Å². The minimum Gasteiger partial charge on any atom is -0.377 e. The molecule has 5 aliphatic rings. The average molecular weight is 1560 g/mol. The number of likely N-dealkylation sites (N-methyl/N-ethyl adjacent to an activating group) is 7. The van der Waals surface area contributed by atoms with Gasteiger partial charge in [-0.2, -0.15) is 26.3 Å². The number of halogens is 10. The molecule has 2 saturated heterocycles. The molecule has 1 spiro atoms. The molecule has 12 amide bonds. The number of amides is 12. The highest BCUT2D eigenvalue weighted by Gasteiger charge is 2.54. The summed E-state index contributed by atoms with van der Waals surface area (Å²) in [7, 11) is 9.94. The van der Waals surface area contributed by atoms with E-state index in [1.54, 1.807) is 32.9 Å². The van der Waals surface area contributed by atoms with E-state index in [0.717, 1.165) is 82.5 Å². The molecule has 2 aliphatic carbocycles. The van der Waals surface area contributed by atoms with E-state index in [1.807, 2.05) is 0 Å². The molecule has 3 aliphatic heterocycles. The number of nitrogens with zero attached hydrogens (tertiary/aromatic N) is 9. The van der Waals surface area contributed by atoms with Gasteiger partial charge in [-0.05, 0) is 118 Å². The number of hydrogen-bond donors (Lipinski definition) is 3. The van der Waals surface area contributed by atoms with Gasteiger partial charge in [-0.1, -0.05) is 57.4 Å². The summed E-state index contributed by atoms with van der Waals surface area (Å²) in [4.78, 5) is 189. The fourth-order valence-electron chi connectivity index (χ4n) is 14.9. The molecule has 10 atom stereocenters. The first kappa shape index (κ1) is 87.3. The van der Waals surface area contributed by atoms with Gasteiger partial charge in [0.15, 0.2) is 0 Å². The summed E-state index contributed by atoms with van der Waals surface area (Å²) in [6.45, 7) is 2.46. The first-order chi connectivity index (χ1) is 51.1. The molecule has 7 rings (SSSR count). The molecule has 3 heterocycles. The van der Waals surface area contributed by atoms with Gasteiger partial charge in [0.2, 0.25) is 77.3 Å².